The van der Waals surface area contributed by atoms with Crippen LogP contribution in [0.15, 0.2) is 35.1 Å². The lowest BCUT2D eigenvalue weighted by molar-refractivity contribution is 0.628. The molecule has 0 radical (unpaired) electrons. The molecule has 1 heterocycles. The number of benzene rings is 1. The molecule has 3 nitrogen and oxygen atoms in total. The molecule has 0 saturated heterocycles. The lowest BCUT2D eigenvalue weighted by Gasteiger charge is -2.05. The predicted molar refractivity (Wildman–Crippen MR) is 77.0 cm³/mol. The first-order valence-corrected chi connectivity index (χ1v) is 6.49. The summed E-state index contributed by atoms with van der Waals surface area (Å²) in [5.41, 5.74) is 0.816. The molecule has 0 aliphatic rings. The van der Waals surface area contributed by atoms with Gasteiger partial charge < -0.3 is 0 Å². The molecule has 2 rings (SSSR count). The highest BCUT2D eigenvalue weighted by Crippen LogP contribution is 2.21. The molecule has 0 spiro atoms. The second-order valence-electron chi connectivity index (χ2n) is 4.05. The second kappa shape index (κ2) is 6.36. The molecular formula is C15H12ClFN2O. The lowest BCUT2D eigenvalue weighted by Crippen LogP contribution is -2.21. The standard InChI is InChI=1S/C15H12ClFN2O/c1-2-3-4-9-19-15(20)8-7-14(18-19)11-5-6-12(16)13(17)10-11/h5-8,10H,2,9H2,1H3. The first-order valence-electron chi connectivity index (χ1n) is 6.11. The molecule has 2 aromatic rings. The Kier molecular flexibility index (Phi) is 4.54. The maximum atomic E-state index is 13.4. The summed E-state index contributed by atoms with van der Waals surface area (Å²) in [4.78, 5) is 11.7. The Bertz CT molecular complexity index is 744. The fraction of sp³-hybridized carbons (Fsp3) is 0.200. The van der Waals surface area contributed by atoms with Crippen LogP contribution in [0.25, 0.3) is 11.3 Å². The highest BCUT2D eigenvalue weighted by molar-refractivity contribution is 6.30. The molecule has 102 valence electrons. The molecule has 0 fully saturated rings. The number of hydrogen-bond acceptors (Lipinski definition) is 2. The predicted octanol–water partition coefficient (Wildman–Crippen LogP) is 3.12. The molecule has 1 aromatic carbocycles. The van der Waals surface area contributed by atoms with E-state index in [4.69, 9.17) is 11.6 Å². The first kappa shape index (κ1) is 14.3. The van der Waals surface area contributed by atoms with Gasteiger partial charge in [0, 0.05) is 18.1 Å². The van der Waals surface area contributed by atoms with E-state index in [2.05, 4.69) is 16.9 Å². The van der Waals surface area contributed by atoms with Gasteiger partial charge in [0.15, 0.2) is 0 Å². The van der Waals surface area contributed by atoms with Gasteiger partial charge in [0.25, 0.3) is 5.56 Å². The van der Waals surface area contributed by atoms with Crippen molar-refractivity contribution in [3.05, 3.63) is 51.5 Å². The van der Waals surface area contributed by atoms with Gasteiger partial charge in [-0.3, -0.25) is 4.79 Å². The molecular weight excluding hydrogens is 279 g/mol. The monoisotopic (exact) mass is 290 g/mol. The van der Waals surface area contributed by atoms with Gasteiger partial charge >= 0.3 is 0 Å². The van der Waals surface area contributed by atoms with E-state index in [0.29, 0.717) is 11.3 Å². The van der Waals surface area contributed by atoms with Crippen molar-refractivity contribution in [2.45, 2.75) is 19.9 Å². The summed E-state index contributed by atoms with van der Waals surface area (Å²) in [6.45, 7) is 2.15. The van der Waals surface area contributed by atoms with Crippen LogP contribution in [0.2, 0.25) is 5.02 Å². The van der Waals surface area contributed by atoms with Gasteiger partial charge in [-0.15, -0.1) is 5.92 Å². The summed E-state index contributed by atoms with van der Waals surface area (Å²) in [5, 5.41) is 4.23. The average molecular weight is 291 g/mol. The molecule has 0 bridgehead atoms. The summed E-state index contributed by atoms with van der Waals surface area (Å²) >= 11 is 5.64. The minimum atomic E-state index is -0.519. The van der Waals surface area contributed by atoms with E-state index >= 15 is 0 Å². The van der Waals surface area contributed by atoms with Crippen LogP contribution in [-0.2, 0) is 6.54 Å². The Morgan fingerprint density at radius 2 is 2.10 bits per heavy atom. The quantitative estimate of drug-likeness (QED) is 0.797. The summed E-state index contributed by atoms with van der Waals surface area (Å²) < 4.78 is 14.7. The van der Waals surface area contributed by atoms with Gasteiger partial charge in [0.05, 0.1) is 10.7 Å². The van der Waals surface area contributed by atoms with Crippen molar-refractivity contribution in [2.24, 2.45) is 0 Å². The van der Waals surface area contributed by atoms with Gasteiger partial charge in [-0.1, -0.05) is 30.5 Å². The summed E-state index contributed by atoms with van der Waals surface area (Å²) in [7, 11) is 0. The van der Waals surface area contributed by atoms with Crippen LogP contribution in [0.1, 0.15) is 13.3 Å². The zero-order valence-electron chi connectivity index (χ0n) is 10.9. The summed E-state index contributed by atoms with van der Waals surface area (Å²) in [5.74, 6) is 5.20. The lowest BCUT2D eigenvalue weighted by atomic mass is 10.1. The van der Waals surface area contributed by atoms with Crippen LogP contribution in [0.3, 0.4) is 0 Å². The van der Waals surface area contributed by atoms with Crippen molar-refractivity contribution >= 4 is 11.6 Å². The molecule has 0 aliphatic heterocycles. The average Bonchev–Trinajstić information content (AvgIpc) is 2.44. The van der Waals surface area contributed by atoms with Gasteiger partial charge in [-0.05, 0) is 18.2 Å². The molecule has 0 atom stereocenters. The minimum Gasteiger partial charge on any atom is -0.268 e. The van der Waals surface area contributed by atoms with Gasteiger partial charge in [-0.25, -0.2) is 9.07 Å². The summed E-state index contributed by atoms with van der Waals surface area (Å²) in [6, 6.07) is 7.34. The number of halogens is 2. The highest BCUT2D eigenvalue weighted by Gasteiger charge is 2.06. The third-order valence-electron chi connectivity index (χ3n) is 2.61. The maximum absolute atomic E-state index is 13.4. The van der Waals surface area contributed by atoms with Crippen LogP contribution in [0, 0.1) is 17.7 Å². The zero-order valence-corrected chi connectivity index (χ0v) is 11.6. The Hall–Kier alpha value is -2.12. The molecule has 0 N–H and O–H groups in total. The fourth-order valence-corrected chi connectivity index (χ4v) is 1.74. The normalized spacial score (nSPS) is 9.95. The second-order valence-corrected chi connectivity index (χ2v) is 4.46. The first-order chi connectivity index (χ1) is 9.61. The van der Waals surface area contributed by atoms with Crippen LogP contribution in [0.5, 0.6) is 0 Å². The van der Waals surface area contributed by atoms with E-state index in [1.807, 2.05) is 6.92 Å². The van der Waals surface area contributed by atoms with Crippen LogP contribution < -0.4 is 5.56 Å². The largest absolute Gasteiger partial charge is 0.268 e. The van der Waals surface area contributed by atoms with Crippen molar-refractivity contribution in [3.8, 4) is 23.1 Å². The van der Waals surface area contributed by atoms with E-state index in [1.54, 1.807) is 12.1 Å². The Morgan fingerprint density at radius 1 is 1.30 bits per heavy atom. The molecule has 5 heteroatoms. The van der Waals surface area contributed by atoms with Crippen LogP contribution in [0.4, 0.5) is 4.39 Å². The third kappa shape index (κ3) is 3.25. The third-order valence-corrected chi connectivity index (χ3v) is 2.92. The van der Waals surface area contributed by atoms with Crippen molar-refractivity contribution in [3.63, 3.8) is 0 Å². The van der Waals surface area contributed by atoms with E-state index in [-0.39, 0.29) is 17.1 Å². The van der Waals surface area contributed by atoms with Crippen LogP contribution >= 0.6 is 11.6 Å². The van der Waals surface area contributed by atoms with E-state index in [9.17, 15) is 9.18 Å². The molecule has 0 amide bonds. The fourth-order valence-electron chi connectivity index (χ4n) is 1.63. The number of aromatic nitrogens is 2. The number of nitrogens with zero attached hydrogens (tertiary/aromatic N) is 2. The van der Waals surface area contributed by atoms with Crippen molar-refractivity contribution in [1.82, 2.24) is 9.78 Å². The van der Waals surface area contributed by atoms with Crippen LogP contribution in [-0.4, -0.2) is 9.78 Å². The Labute approximate surface area is 121 Å². The molecule has 0 saturated carbocycles. The molecule has 1 aromatic heterocycles. The SMILES string of the molecule is CCC#CCn1nc(-c2ccc(Cl)c(F)c2)ccc1=O. The number of hydrogen-bond donors (Lipinski definition) is 0. The van der Waals surface area contributed by atoms with Crippen molar-refractivity contribution < 1.29 is 4.39 Å². The van der Waals surface area contributed by atoms with Crippen molar-refractivity contribution in [1.29, 1.82) is 0 Å². The van der Waals surface area contributed by atoms with E-state index in [1.165, 1.54) is 22.9 Å². The van der Waals surface area contributed by atoms with E-state index in [0.717, 1.165) is 6.42 Å². The highest BCUT2D eigenvalue weighted by atomic mass is 35.5. The van der Waals surface area contributed by atoms with E-state index < -0.39 is 5.82 Å². The van der Waals surface area contributed by atoms with Gasteiger partial charge in [-0.2, -0.15) is 5.10 Å². The van der Waals surface area contributed by atoms with Crippen molar-refractivity contribution in [2.75, 3.05) is 0 Å². The molecule has 20 heavy (non-hydrogen) atoms. The van der Waals surface area contributed by atoms with Gasteiger partial charge in [0.1, 0.15) is 12.4 Å². The Balaban J connectivity index is 2.40. The maximum Gasteiger partial charge on any atom is 0.267 e. The van der Waals surface area contributed by atoms with Gasteiger partial charge in [0.2, 0.25) is 0 Å². The smallest absolute Gasteiger partial charge is 0.267 e. The zero-order chi connectivity index (χ0) is 14.5. The Morgan fingerprint density at radius 3 is 2.80 bits per heavy atom. The minimum absolute atomic E-state index is 0.0517. The summed E-state index contributed by atoms with van der Waals surface area (Å²) in [6.07, 6.45) is 0.719. The number of rotatable bonds is 2. The topological polar surface area (TPSA) is 34.9 Å². The molecule has 0 unspecified atom stereocenters. The molecule has 0 aliphatic carbocycles.